The molecule has 1 aromatic heterocycles. The Bertz CT molecular complexity index is 1060. The van der Waals surface area contributed by atoms with E-state index in [0.29, 0.717) is 15.7 Å². The van der Waals surface area contributed by atoms with Crippen LogP contribution in [0.3, 0.4) is 0 Å². The van der Waals surface area contributed by atoms with Crippen LogP contribution in [0, 0.1) is 6.92 Å². The van der Waals surface area contributed by atoms with Gasteiger partial charge < -0.3 is 24.4 Å². The highest BCUT2D eigenvalue weighted by Crippen LogP contribution is 2.41. The van der Waals surface area contributed by atoms with E-state index in [1.807, 2.05) is 0 Å². The van der Waals surface area contributed by atoms with Gasteiger partial charge in [-0.15, -0.1) is 0 Å². The number of alkyl halides is 2. The summed E-state index contributed by atoms with van der Waals surface area (Å²) in [5.74, 6) is -4.91. The molecule has 0 radical (unpaired) electrons. The van der Waals surface area contributed by atoms with Gasteiger partial charge in [-0.1, -0.05) is 18.2 Å². The van der Waals surface area contributed by atoms with Crippen molar-refractivity contribution in [2.45, 2.75) is 31.3 Å². The Morgan fingerprint density at radius 2 is 2.00 bits per heavy atom. The van der Waals surface area contributed by atoms with E-state index in [0.717, 1.165) is 12.3 Å². The number of hydrogen-bond acceptors (Lipinski definition) is 9. The van der Waals surface area contributed by atoms with Gasteiger partial charge in [0.05, 0.1) is 12.2 Å². The zero-order valence-electron chi connectivity index (χ0n) is 16.6. The number of aliphatic hydroxyl groups excluding tert-OH is 2. The van der Waals surface area contributed by atoms with Crippen LogP contribution in [0.25, 0.3) is 0 Å². The Labute approximate surface area is 179 Å². The number of amides is 1. The molecule has 3 rings (SSSR count). The number of rotatable bonds is 6. The minimum Gasteiger partial charge on any atom is -0.424 e. The Morgan fingerprint density at radius 1 is 1.28 bits per heavy atom. The standard InChI is InChI=1S/C19H19F2N3O8/c1-10-4-2-3-5-11(10)15(27)30-9-31-18(29)23-13-6-7-24(17(28)22-13)16-19(20,21)14(26)12(8-25)32-16/h2-7,12,14,16,25-26H,8-9H2,1H3,(H,22,23,28,29)/t12?,14-,16-/m1/s1. The molecule has 0 spiro atoms. The summed E-state index contributed by atoms with van der Waals surface area (Å²) in [6.45, 7) is 0.100. The molecule has 1 saturated heterocycles. The van der Waals surface area contributed by atoms with E-state index in [1.54, 1.807) is 25.1 Å². The van der Waals surface area contributed by atoms with Crippen LogP contribution in [0.2, 0.25) is 0 Å². The lowest BCUT2D eigenvalue weighted by Crippen LogP contribution is -2.41. The summed E-state index contributed by atoms with van der Waals surface area (Å²) < 4.78 is 43.1. The predicted octanol–water partition coefficient (Wildman–Crippen LogP) is 0.801. The number of hydrogen-bond donors (Lipinski definition) is 3. The van der Waals surface area contributed by atoms with Gasteiger partial charge in [0, 0.05) is 6.20 Å². The second-order valence-electron chi connectivity index (χ2n) is 6.75. The quantitative estimate of drug-likeness (QED) is 0.425. The maximum atomic E-state index is 14.2. The number of halogens is 2. The molecule has 13 heteroatoms. The molecule has 0 bridgehead atoms. The highest BCUT2D eigenvalue weighted by atomic mass is 19.3. The first-order valence-corrected chi connectivity index (χ1v) is 9.23. The van der Waals surface area contributed by atoms with Crippen molar-refractivity contribution >= 4 is 17.9 Å². The van der Waals surface area contributed by atoms with Gasteiger partial charge in [-0.2, -0.15) is 13.8 Å². The van der Waals surface area contributed by atoms with Crippen molar-refractivity contribution in [1.82, 2.24) is 9.55 Å². The van der Waals surface area contributed by atoms with E-state index < -0.39 is 55.5 Å². The number of anilines is 1. The van der Waals surface area contributed by atoms with E-state index in [1.165, 1.54) is 6.07 Å². The summed E-state index contributed by atoms with van der Waals surface area (Å²) in [6.07, 6.45) is -6.35. The van der Waals surface area contributed by atoms with Crippen molar-refractivity contribution in [3.8, 4) is 0 Å². The van der Waals surface area contributed by atoms with Gasteiger partial charge in [-0.3, -0.25) is 9.88 Å². The smallest absolute Gasteiger partial charge is 0.415 e. The number of nitrogens with one attached hydrogen (secondary N) is 1. The highest BCUT2D eigenvalue weighted by Gasteiger charge is 2.59. The molecule has 2 heterocycles. The van der Waals surface area contributed by atoms with E-state index in [4.69, 9.17) is 14.6 Å². The topological polar surface area (TPSA) is 149 Å². The molecule has 11 nitrogen and oxygen atoms in total. The molecule has 1 aromatic carbocycles. The van der Waals surface area contributed by atoms with Gasteiger partial charge >= 0.3 is 23.7 Å². The van der Waals surface area contributed by atoms with Crippen molar-refractivity contribution in [1.29, 1.82) is 0 Å². The number of nitrogens with zero attached hydrogens (tertiary/aromatic N) is 2. The lowest BCUT2D eigenvalue weighted by molar-refractivity contribution is -0.140. The first kappa shape index (κ1) is 23.2. The molecule has 0 aliphatic carbocycles. The summed E-state index contributed by atoms with van der Waals surface area (Å²) in [4.78, 5) is 39.3. The molecule has 32 heavy (non-hydrogen) atoms. The zero-order valence-corrected chi connectivity index (χ0v) is 16.6. The molecular weight excluding hydrogens is 436 g/mol. The van der Waals surface area contributed by atoms with Crippen LogP contribution >= 0.6 is 0 Å². The summed E-state index contributed by atoms with van der Waals surface area (Å²) in [7, 11) is 0. The van der Waals surface area contributed by atoms with E-state index >= 15 is 0 Å². The molecular formula is C19H19F2N3O8. The average molecular weight is 455 g/mol. The van der Waals surface area contributed by atoms with Crippen LogP contribution in [0.5, 0.6) is 0 Å². The van der Waals surface area contributed by atoms with Gasteiger partial charge in [0.1, 0.15) is 11.9 Å². The molecule has 1 aliphatic rings. The Hall–Kier alpha value is -3.42. The number of carbonyl (C=O) groups excluding carboxylic acids is 2. The Morgan fingerprint density at radius 3 is 2.62 bits per heavy atom. The van der Waals surface area contributed by atoms with Crippen molar-refractivity contribution in [2.75, 3.05) is 18.7 Å². The zero-order chi connectivity index (χ0) is 23.5. The maximum absolute atomic E-state index is 14.2. The fraction of sp³-hybridized carbons (Fsp3) is 0.368. The van der Waals surface area contributed by atoms with Crippen LogP contribution in [-0.4, -0.2) is 63.4 Å². The number of aliphatic hydroxyl groups is 2. The minimum absolute atomic E-state index is 0.293. The number of esters is 1. The van der Waals surface area contributed by atoms with Crippen LogP contribution in [0.4, 0.5) is 19.4 Å². The second kappa shape index (κ2) is 9.38. The fourth-order valence-electron chi connectivity index (χ4n) is 2.94. The van der Waals surface area contributed by atoms with Gasteiger partial charge in [0.15, 0.2) is 6.10 Å². The van der Waals surface area contributed by atoms with Gasteiger partial charge in [-0.05, 0) is 24.6 Å². The summed E-state index contributed by atoms with van der Waals surface area (Å²) in [5.41, 5.74) is -0.258. The third-order valence-corrected chi connectivity index (χ3v) is 4.62. The van der Waals surface area contributed by atoms with Crippen LogP contribution in [-0.2, 0) is 14.2 Å². The monoisotopic (exact) mass is 455 g/mol. The SMILES string of the molecule is Cc1ccccc1C(=O)OCOC(=O)Nc1ccn([C@@H]2OC(CO)[C@@H](O)C2(F)F)c(=O)n1. The summed E-state index contributed by atoms with van der Waals surface area (Å²) >= 11 is 0. The highest BCUT2D eigenvalue weighted by molar-refractivity contribution is 5.91. The molecule has 172 valence electrons. The molecule has 1 unspecified atom stereocenters. The number of carbonyl (C=O) groups is 2. The third kappa shape index (κ3) is 4.74. The van der Waals surface area contributed by atoms with Crippen molar-refractivity contribution in [3.05, 3.63) is 58.1 Å². The number of ether oxygens (including phenoxy) is 3. The molecule has 2 aromatic rings. The lowest BCUT2D eigenvalue weighted by atomic mass is 10.1. The average Bonchev–Trinajstić information content (AvgIpc) is 2.97. The Balaban J connectivity index is 1.58. The van der Waals surface area contributed by atoms with Crippen LogP contribution in [0.15, 0.2) is 41.3 Å². The number of benzene rings is 1. The summed E-state index contributed by atoms with van der Waals surface area (Å²) in [6, 6.07) is 7.64. The molecule has 1 amide bonds. The van der Waals surface area contributed by atoms with Crippen LogP contribution < -0.4 is 11.0 Å². The van der Waals surface area contributed by atoms with Crippen LogP contribution in [0.1, 0.15) is 22.1 Å². The largest absolute Gasteiger partial charge is 0.424 e. The molecule has 1 fully saturated rings. The van der Waals surface area contributed by atoms with E-state index in [-0.39, 0.29) is 5.82 Å². The van der Waals surface area contributed by atoms with E-state index in [2.05, 4.69) is 15.0 Å². The first-order chi connectivity index (χ1) is 15.1. The second-order valence-corrected chi connectivity index (χ2v) is 6.75. The lowest BCUT2D eigenvalue weighted by Gasteiger charge is -2.21. The van der Waals surface area contributed by atoms with Crippen molar-refractivity contribution in [3.63, 3.8) is 0 Å². The molecule has 3 N–H and O–H groups in total. The van der Waals surface area contributed by atoms with Gasteiger partial charge in [0.25, 0.3) is 0 Å². The number of aromatic nitrogens is 2. The molecule has 3 atom stereocenters. The van der Waals surface area contributed by atoms with Crippen molar-refractivity contribution < 1.29 is 42.8 Å². The summed E-state index contributed by atoms with van der Waals surface area (Å²) in [5, 5.41) is 20.6. The third-order valence-electron chi connectivity index (χ3n) is 4.62. The van der Waals surface area contributed by atoms with Gasteiger partial charge in [0.2, 0.25) is 13.0 Å². The molecule has 1 aliphatic heterocycles. The predicted molar refractivity (Wildman–Crippen MR) is 102 cm³/mol. The first-order valence-electron chi connectivity index (χ1n) is 9.23. The van der Waals surface area contributed by atoms with Gasteiger partial charge in [-0.25, -0.2) is 14.4 Å². The minimum atomic E-state index is -3.87. The van der Waals surface area contributed by atoms with E-state index in [9.17, 15) is 28.3 Å². The maximum Gasteiger partial charge on any atom is 0.415 e. The Kier molecular flexibility index (Phi) is 6.81. The normalized spacial score (nSPS) is 21.7. The number of aryl methyl sites for hydroxylation is 1. The van der Waals surface area contributed by atoms with Crippen molar-refractivity contribution in [2.24, 2.45) is 0 Å². The fourth-order valence-corrected chi connectivity index (χ4v) is 2.94. The molecule has 0 saturated carbocycles.